The van der Waals surface area contributed by atoms with Gasteiger partial charge in [0.25, 0.3) is 5.88 Å². The van der Waals surface area contributed by atoms with Gasteiger partial charge in [0.15, 0.2) is 17.4 Å². The molecule has 1 aromatic carbocycles. The molecular formula is C11H10F2N4O2. The Balaban J connectivity index is 2.41. The molecule has 0 bridgehead atoms. The average Bonchev–Trinajstić information content (AvgIpc) is 2.43. The quantitative estimate of drug-likeness (QED) is 0.650. The van der Waals surface area contributed by atoms with E-state index in [9.17, 15) is 8.78 Å². The molecule has 0 amide bonds. The molecule has 0 saturated heterocycles. The maximum atomic E-state index is 13.5. The highest BCUT2D eigenvalue weighted by Gasteiger charge is 2.16. The number of hydrogen-bond acceptors (Lipinski definition) is 6. The van der Waals surface area contributed by atoms with Gasteiger partial charge in [-0.15, -0.1) is 0 Å². The maximum Gasteiger partial charge on any atom is 0.268 e. The van der Waals surface area contributed by atoms with Gasteiger partial charge in [0.05, 0.1) is 7.11 Å². The number of nitrogens with two attached hydrogens (primary N) is 1. The fraction of sp³-hybridized carbons (Fsp3) is 0.0909. The van der Waals surface area contributed by atoms with Crippen molar-refractivity contribution in [2.45, 2.75) is 0 Å². The number of hydrogen-bond donors (Lipinski definition) is 2. The second-order valence-corrected chi connectivity index (χ2v) is 3.36. The van der Waals surface area contributed by atoms with Crippen molar-refractivity contribution < 1.29 is 18.3 Å². The topological polar surface area (TPSA) is 82.3 Å². The normalized spacial score (nSPS) is 10.1. The minimum atomic E-state index is -1.12. The van der Waals surface area contributed by atoms with Gasteiger partial charge >= 0.3 is 0 Å². The summed E-state index contributed by atoms with van der Waals surface area (Å²) in [4.78, 5) is 7.57. The number of anilines is 1. The van der Waals surface area contributed by atoms with Crippen molar-refractivity contribution >= 4 is 5.82 Å². The summed E-state index contributed by atoms with van der Waals surface area (Å²) in [7, 11) is 1.34. The monoisotopic (exact) mass is 268 g/mol. The number of nitrogen functional groups attached to an aromatic ring is 1. The van der Waals surface area contributed by atoms with Crippen LogP contribution in [-0.4, -0.2) is 17.1 Å². The third-order valence-electron chi connectivity index (χ3n) is 2.23. The first kappa shape index (κ1) is 13.0. The van der Waals surface area contributed by atoms with Gasteiger partial charge in [-0.2, -0.15) is 9.37 Å². The molecule has 0 aliphatic carbocycles. The zero-order chi connectivity index (χ0) is 13.8. The van der Waals surface area contributed by atoms with Gasteiger partial charge in [0.2, 0.25) is 11.6 Å². The van der Waals surface area contributed by atoms with Crippen LogP contribution in [0.2, 0.25) is 0 Å². The average molecular weight is 268 g/mol. The Morgan fingerprint density at radius 2 is 2.05 bits per heavy atom. The van der Waals surface area contributed by atoms with Crippen LogP contribution in [0.4, 0.5) is 14.6 Å². The van der Waals surface area contributed by atoms with Crippen molar-refractivity contribution in [3.8, 4) is 17.4 Å². The highest BCUT2D eigenvalue weighted by Crippen LogP contribution is 2.34. The fourth-order valence-electron chi connectivity index (χ4n) is 1.38. The van der Waals surface area contributed by atoms with E-state index in [2.05, 4.69) is 15.4 Å². The minimum absolute atomic E-state index is 0.0775. The Kier molecular flexibility index (Phi) is 3.71. The molecule has 2 rings (SSSR count). The van der Waals surface area contributed by atoms with Crippen molar-refractivity contribution in [1.82, 2.24) is 9.97 Å². The molecule has 100 valence electrons. The SMILES string of the molecule is COc1c(NN)ncnc1Oc1cccc(F)c1F. The smallest absolute Gasteiger partial charge is 0.268 e. The highest BCUT2D eigenvalue weighted by molar-refractivity contribution is 5.55. The maximum absolute atomic E-state index is 13.5. The number of nitrogens with zero attached hydrogens (tertiary/aromatic N) is 2. The molecule has 1 aromatic heterocycles. The molecule has 3 N–H and O–H groups in total. The standard InChI is InChI=1S/C11H10F2N4O2/c1-18-9-10(17-14)15-5-16-11(9)19-7-4-2-3-6(12)8(7)13/h2-5H,14H2,1H3,(H,15,16,17). The van der Waals surface area contributed by atoms with Gasteiger partial charge in [0, 0.05) is 0 Å². The molecule has 0 radical (unpaired) electrons. The molecule has 6 nitrogen and oxygen atoms in total. The van der Waals surface area contributed by atoms with Gasteiger partial charge in [-0.25, -0.2) is 15.2 Å². The Labute approximate surface area is 107 Å². The van der Waals surface area contributed by atoms with Crippen LogP contribution in [-0.2, 0) is 0 Å². The lowest BCUT2D eigenvalue weighted by molar-refractivity contribution is 0.355. The second-order valence-electron chi connectivity index (χ2n) is 3.36. The number of methoxy groups -OCH3 is 1. The lowest BCUT2D eigenvalue weighted by Gasteiger charge is -2.11. The van der Waals surface area contributed by atoms with Crippen molar-refractivity contribution in [3.63, 3.8) is 0 Å². The number of aromatic nitrogens is 2. The van der Waals surface area contributed by atoms with E-state index in [0.717, 1.165) is 12.4 Å². The molecule has 0 atom stereocenters. The Morgan fingerprint density at radius 3 is 2.74 bits per heavy atom. The first-order valence-corrected chi connectivity index (χ1v) is 5.14. The van der Waals surface area contributed by atoms with E-state index in [1.165, 1.54) is 19.2 Å². The van der Waals surface area contributed by atoms with Gasteiger partial charge in [-0.3, -0.25) is 0 Å². The van der Waals surface area contributed by atoms with Gasteiger partial charge in [-0.05, 0) is 12.1 Å². The van der Waals surface area contributed by atoms with Crippen molar-refractivity contribution in [2.24, 2.45) is 5.84 Å². The molecule has 0 saturated carbocycles. The molecule has 19 heavy (non-hydrogen) atoms. The van der Waals surface area contributed by atoms with Gasteiger partial charge in [0.1, 0.15) is 6.33 Å². The third kappa shape index (κ3) is 2.52. The molecular weight excluding hydrogens is 258 g/mol. The van der Waals surface area contributed by atoms with Crippen LogP contribution in [0, 0.1) is 11.6 Å². The van der Waals surface area contributed by atoms with Gasteiger partial charge < -0.3 is 14.9 Å². The van der Waals surface area contributed by atoms with Crippen molar-refractivity contribution in [3.05, 3.63) is 36.2 Å². The van der Waals surface area contributed by atoms with E-state index >= 15 is 0 Å². The summed E-state index contributed by atoms with van der Waals surface area (Å²) >= 11 is 0. The number of hydrazine groups is 1. The Hall–Kier alpha value is -2.48. The predicted molar refractivity (Wildman–Crippen MR) is 62.8 cm³/mol. The lowest BCUT2D eigenvalue weighted by Crippen LogP contribution is -2.11. The van der Waals surface area contributed by atoms with Crippen LogP contribution in [0.5, 0.6) is 17.4 Å². The number of nitrogens with one attached hydrogen (secondary N) is 1. The zero-order valence-electron chi connectivity index (χ0n) is 9.85. The minimum Gasteiger partial charge on any atom is -0.489 e. The number of halogens is 2. The first-order valence-electron chi connectivity index (χ1n) is 5.14. The molecule has 0 aliphatic rings. The van der Waals surface area contributed by atoms with Crippen LogP contribution < -0.4 is 20.7 Å². The summed E-state index contributed by atoms with van der Waals surface area (Å²) in [5, 5.41) is 0. The van der Waals surface area contributed by atoms with Crippen molar-refractivity contribution in [1.29, 1.82) is 0 Å². The zero-order valence-corrected chi connectivity index (χ0v) is 9.85. The summed E-state index contributed by atoms with van der Waals surface area (Å²) in [5.74, 6) is 2.91. The molecule has 1 heterocycles. The molecule has 8 heteroatoms. The van der Waals surface area contributed by atoms with E-state index in [-0.39, 0.29) is 23.2 Å². The summed E-state index contributed by atoms with van der Waals surface area (Å²) in [6.45, 7) is 0. The summed E-state index contributed by atoms with van der Waals surface area (Å²) < 4.78 is 36.7. The Morgan fingerprint density at radius 1 is 1.26 bits per heavy atom. The molecule has 0 spiro atoms. The molecule has 0 unspecified atom stereocenters. The van der Waals surface area contributed by atoms with Crippen LogP contribution in [0.1, 0.15) is 0 Å². The number of benzene rings is 1. The summed E-state index contributed by atoms with van der Waals surface area (Å²) in [6.07, 6.45) is 1.14. The van der Waals surface area contributed by atoms with Crippen LogP contribution in [0.15, 0.2) is 24.5 Å². The second kappa shape index (κ2) is 5.44. The highest BCUT2D eigenvalue weighted by atomic mass is 19.2. The fourth-order valence-corrected chi connectivity index (χ4v) is 1.38. The van der Waals surface area contributed by atoms with Crippen LogP contribution in [0.3, 0.4) is 0 Å². The predicted octanol–water partition coefficient (Wildman–Crippen LogP) is 1.84. The van der Waals surface area contributed by atoms with Crippen LogP contribution in [0.25, 0.3) is 0 Å². The third-order valence-corrected chi connectivity index (χ3v) is 2.23. The number of rotatable bonds is 4. The van der Waals surface area contributed by atoms with Crippen molar-refractivity contribution in [2.75, 3.05) is 12.5 Å². The summed E-state index contributed by atoms with van der Waals surface area (Å²) in [6, 6.07) is 3.55. The van der Waals surface area contributed by atoms with E-state index in [0.29, 0.717) is 0 Å². The molecule has 0 fully saturated rings. The number of ether oxygens (including phenoxy) is 2. The van der Waals surface area contributed by atoms with E-state index in [1.807, 2.05) is 0 Å². The Bertz CT molecular complexity index is 595. The molecule has 2 aromatic rings. The van der Waals surface area contributed by atoms with E-state index in [1.54, 1.807) is 0 Å². The van der Waals surface area contributed by atoms with E-state index < -0.39 is 11.6 Å². The first-order chi connectivity index (χ1) is 9.17. The van der Waals surface area contributed by atoms with Gasteiger partial charge in [-0.1, -0.05) is 6.07 Å². The summed E-state index contributed by atoms with van der Waals surface area (Å²) in [5.41, 5.74) is 2.27. The molecule has 0 aliphatic heterocycles. The lowest BCUT2D eigenvalue weighted by atomic mass is 10.3. The van der Waals surface area contributed by atoms with Crippen LogP contribution >= 0.6 is 0 Å². The largest absolute Gasteiger partial charge is 0.489 e. The van der Waals surface area contributed by atoms with E-state index in [4.69, 9.17) is 15.3 Å².